The maximum absolute atomic E-state index is 12.4. The van der Waals surface area contributed by atoms with E-state index >= 15 is 0 Å². The quantitative estimate of drug-likeness (QED) is 0.297. The van der Waals surface area contributed by atoms with Gasteiger partial charge in [0.05, 0.1) is 18.5 Å². The summed E-state index contributed by atoms with van der Waals surface area (Å²) in [4.78, 5) is 6.84. The minimum Gasteiger partial charge on any atom is -0.385 e. The van der Waals surface area contributed by atoms with E-state index in [1.165, 1.54) is 0 Å². The SMILES string of the molecule is CCNC(=NCCCCCOC)N1CCN(S(=O)(=O)CCOC(C)C)CC1. The first kappa shape index (κ1) is 24.1. The van der Waals surface area contributed by atoms with Crippen molar-refractivity contribution in [3.8, 4) is 0 Å². The molecule has 0 saturated carbocycles. The number of hydrogen-bond donors (Lipinski definition) is 1. The molecule has 0 atom stereocenters. The van der Waals surface area contributed by atoms with Crippen molar-refractivity contribution in [3.63, 3.8) is 0 Å². The number of nitrogens with zero attached hydrogens (tertiary/aromatic N) is 3. The summed E-state index contributed by atoms with van der Waals surface area (Å²) in [5.74, 6) is 0.922. The Morgan fingerprint density at radius 1 is 1.11 bits per heavy atom. The highest BCUT2D eigenvalue weighted by Crippen LogP contribution is 2.09. The molecule has 0 unspecified atom stereocenters. The largest absolute Gasteiger partial charge is 0.385 e. The van der Waals surface area contributed by atoms with Crippen LogP contribution in [0, 0.1) is 0 Å². The molecule has 1 aliphatic heterocycles. The molecule has 1 fully saturated rings. The molecule has 0 aromatic rings. The minimum absolute atomic E-state index is 0.0425. The number of unbranched alkanes of at least 4 members (excludes halogenated alkanes) is 2. The number of aliphatic imine (C=N–C) groups is 1. The van der Waals surface area contributed by atoms with E-state index in [0.717, 1.165) is 44.9 Å². The Labute approximate surface area is 165 Å². The Balaban J connectivity index is 2.46. The molecule has 0 spiro atoms. The molecule has 27 heavy (non-hydrogen) atoms. The third-order valence-corrected chi connectivity index (χ3v) is 6.16. The van der Waals surface area contributed by atoms with Gasteiger partial charge in [0, 0.05) is 53.0 Å². The second kappa shape index (κ2) is 13.3. The van der Waals surface area contributed by atoms with Gasteiger partial charge >= 0.3 is 0 Å². The summed E-state index contributed by atoms with van der Waals surface area (Å²) in [5.41, 5.74) is 0. The predicted octanol–water partition coefficient (Wildman–Crippen LogP) is 1.14. The summed E-state index contributed by atoms with van der Waals surface area (Å²) in [7, 11) is -1.54. The van der Waals surface area contributed by atoms with Crippen LogP contribution in [0.2, 0.25) is 0 Å². The molecule has 1 aliphatic rings. The van der Waals surface area contributed by atoms with Crippen molar-refractivity contribution in [2.75, 3.05) is 65.3 Å². The molecule has 0 aromatic heterocycles. The van der Waals surface area contributed by atoms with Crippen LogP contribution in [0.3, 0.4) is 0 Å². The molecule has 0 aliphatic carbocycles. The van der Waals surface area contributed by atoms with Gasteiger partial charge in [0.1, 0.15) is 0 Å². The van der Waals surface area contributed by atoms with E-state index in [9.17, 15) is 8.42 Å². The Kier molecular flexibility index (Phi) is 11.9. The number of piperazine rings is 1. The van der Waals surface area contributed by atoms with Crippen LogP contribution in [-0.2, 0) is 19.5 Å². The normalized spacial score (nSPS) is 16.9. The molecule has 1 N–H and O–H groups in total. The van der Waals surface area contributed by atoms with Gasteiger partial charge in [-0.1, -0.05) is 0 Å². The molecular formula is C18H38N4O4S. The van der Waals surface area contributed by atoms with Crippen LogP contribution in [0.5, 0.6) is 0 Å². The van der Waals surface area contributed by atoms with Gasteiger partial charge < -0.3 is 19.7 Å². The van der Waals surface area contributed by atoms with Crippen molar-refractivity contribution in [1.29, 1.82) is 0 Å². The van der Waals surface area contributed by atoms with Crippen LogP contribution in [0.4, 0.5) is 0 Å². The lowest BCUT2D eigenvalue weighted by Crippen LogP contribution is -2.54. The fraction of sp³-hybridized carbons (Fsp3) is 0.944. The molecule has 0 amide bonds. The van der Waals surface area contributed by atoms with Crippen molar-refractivity contribution in [3.05, 3.63) is 0 Å². The zero-order chi connectivity index (χ0) is 20.1. The lowest BCUT2D eigenvalue weighted by molar-refractivity contribution is 0.0904. The van der Waals surface area contributed by atoms with E-state index in [4.69, 9.17) is 14.5 Å². The Hall–Kier alpha value is -0.900. The Bertz CT molecular complexity index is 517. The molecule has 9 heteroatoms. The number of ether oxygens (including phenoxy) is 2. The summed E-state index contributed by atoms with van der Waals surface area (Å²) in [6, 6.07) is 0. The van der Waals surface area contributed by atoms with Gasteiger partial charge in [-0.25, -0.2) is 8.42 Å². The van der Waals surface area contributed by atoms with Gasteiger partial charge in [0.2, 0.25) is 10.0 Å². The minimum atomic E-state index is -3.26. The summed E-state index contributed by atoms with van der Waals surface area (Å²) in [6.07, 6.45) is 3.23. The monoisotopic (exact) mass is 406 g/mol. The van der Waals surface area contributed by atoms with Crippen LogP contribution in [0.25, 0.3) is 0 Å². The molecule has 8 nitrogen and oxygen atoms in total. The summed E-state index contributed by atoms with van der Waals surface area (Å²) in [6.45, 7) is 10.8. The maximum Gasteiger partial charge on any atom is 0.216 e. The van der Waals surface area contributed by atoms with Crippen molar-refractivity contribution < 1.29 is 17.9 Å². The second-order valence-electron chi connectivity index (χ2n) is 6.91. The lowest BCUT2D eigenvalue weighted by Gasteiger charge is -2.36. The number of rotatable bonds is 12. The fourth-order valence-electron chi connectivity index (χ4n) is 2.84. The Morgan fingerprint density at radius 3 is 2.41 bits per heavy atom. The van der Waals surface area contributed by atoms with E-state index in [1.54, 1.807) is 11.4 Å². The van der Waals surface area contributed by atoms with Crippen molar-refractivity contribution in [1.82, 2.24) is 14.5 Å². The van der Waals surface area contributed by atoms with E-state index in [2.05, 4.69) is 10.2 Å². The number of sulfonamides is 1. The molecule has 1 heterocycles. The van der Waals surface area contributed by atoms with E-state index in [0.29, 0.717) is 26.2 Å². The van der Waals surface area contributed by atoms with Crippen LogP contribution in [0.15, 0.2) is 4.99 Å². The first-order valence-electron chi connectivity index (χ1n) is 10.0. The van der Waals surface area contributed by atoms with Gasteiger partial charge in [0.15, 0.2) is 5.96 Å². The van der Waals surface area contributed by atoms with Crippen molar-refractivity contribution in [2.45, 2.75) is 46.1 Å². The molecule has 1 rings (SSSR count). The maximum atomic E-state index is 12.4. The van der Waals surface area contributed by atoms with Crippen LogP contribution in [-0.4, -0.2) is 95.0 Å². The fourth-order valence-corrected chi connectivity index (χ4v) is 4.13. The average Bonchev–Trinajstić information content (AvgIpc) is 2.63. The number of guanidine groups is 1. The van der Waals surface area contributed by atoms with Gasteiger partial charge in [0.25, 0.3) is 0 Å². The number of methoxy groups -OCH3 is 1. The lowest BCUT2D eigenvalue weighted by atomic mass is 10.2. The second-order valence-corrected chi connectivity index (χ2v) is 9.00. The van der Waals surface area contributed by atoms with Gasteiger partial charge in [-0.15, -0.1) is 0 Å². The average molecular weight is 407 g/mol. The standard InChI is InChI=1S/C18H38N4O4S/c1-5-19-18(20-9-7-6-8-14-25-4)21-10-12-22(13-11-21)27(23,24)16-15-26-17(2)3/h17H,5-16H2,1-4H3,(H,19,20). The highest BCUT2D eigenvalue weighted by atomic mass is 32.2. The van der Waals surface area contributed by atoms with E-state index in [-0.39, 0.29) is 18.5 Å². The van der Waals surface area contributed by atoms with Crippen molar-refractivity contribution in [2.24, 2.45) is 4.99 Å². The molecular weight excluding hydrogens is 368 g/mol. The number of hydrogen-bond acceptors (Lipinski definition) is 5. The summed E-state index contributed by atoms with van der Waals surface area (Å²) < 4.78 is 36.9. The van der Waals surface area contributed by atoms with Crippen LogP contribution < -0.4 is 5.32 Å². The summed E-state index contributed by atoms with van der Waals surface area (Å²) >= 11 is 0. The highest BCUT2D eigenvalue weighted by Gasteiger charge is 2.27. The number of nitrogens with one attached hydrogen (secondary N) is 1. The summed E-state index contributed by atoms with van der Waals surface area (Å²) in [5, 5.41) is 3.32. The van der Waals surface area contributed by atoms with E-state index in [1.807, 2.05) is 20.8 Å². The molecule has 160 valence electrons. The van der Waals surface area contributed by atoms with Crippen molar-refractivity contribution >= 4 is 16.0 Å². The van der Waals surface area contributed by atoms with Gasteiger partial charge in [-0.3, -0.25) is 4.99 Å². The molecule has 0 radical (unpaired) electrons. The molecule has 0 aromatic carbocycles. The van der Waals surface area contributed by atoms with Crippen LogP contribution in [0.1, 0.15) is 40.0 Å². The molecule has 1 saturated heterocycles. The Morgan fingerprint density at radius 2 is 1.81 bits per heavy atom. The predicted molar refractivity (Wildman–Crippen MR) is 110 cm³/mol. The third kappa shape index (κ3) is 9.73. The first-order chi connectivity index (χ1) is 12.9. The zero-order valence-electron chi connectivity index (χ0n) is 17.4. The molecule has 0 bridgehead atoms. The zero-order valence-corrected chi connectivity index (χ0v) is 18.3. The third-order valence-electron chi connectivity index (χ3n) is 4.33. The van der Waals surface area contributed by atoms with Gasteiger partial charge in [-0.2, -0.15) is 4.31 Å². The topological polar surface area (TPSA) is 83.5 Å². The first-order valence-corrected chi connectivity index (χ1v) is 11.6. The van der Waals surface area contributed by atoms with E-state index < -0.39 is 10.0 Å². The van der Waals surface area contributed by atoms with Crippen LogP contribution >= 0.6 is 0 Å². The highest BCUT2D eigenvalue weighted by molar-refractivity contribution is 7.89. The van der Waals surface area contributed by atoms with Gasteiger partial charge in [-0.05, 0) is 40.0 Å². The smallest absolute Gasteiger partial charge is 0.216 e.